The summed E-state index contributed by atoms with van der Waals surface area (Å²) < 4.78 is 5.08. The molecule has 20 heavy (non-hydrogen) atoms. The van der Waals surface area contributed by atoms with Crippen molar-refractivity contribution in [3.8, 4) is 0 Å². The van der Waals surface area contributed by atoms with E-state index in [1.165, 1.54) is 0 Å². The Balaban J connectivity index is 1.81. The second-order valence-electron chi connectivity index (χ2n) is 5.58. The topological polar surface area (TPSA) is 96.5 Å². The third kappa shape index (κ3) is 2.44. The van der Waals surface area contributed by atoms with Crippen molar-refractivity contribution in [2.24, 2.45) is 17.7 Å². The minimum Gasteiger partial charge on any atom is -0.393 e. The van der Waals surface area contributed by atoms with Crippen LogP contribution in [0.15, 0.2) is 6.07 Å². The molecule has 0 aromatic carbocycles. The van der Waals surface area contributed by atoms with Crippen molar-refractivity contribution < 1.29 is 9.84 Å². The van der Waals surface area contributed by atoms with E-state index in [0.717, 1.165) is 31.7 Å². The molecule has 3 unspecified atom stereocenters. The van der Waals surface area contributed by atoms with Gasteiger partial charge in [-0.2, -0.15) is 0 Å². The van der Waals surface area contributed by atoms with Crippen molar-refractivity contribution in [3.05, 3.63) is 11.9 Å². The van der Waals surface area contributed by atoms with Gasteiger partial charge in [-0.25, -0.2) is 15.8 Å². The molecule has 110 valence electrons. The van der Waals surface area contributed by atoms with Crippen molar-refractivity contribution in [1.29, 1.82) is 0 Å². The first-order valence-corrected chi connectivity index (χ1v) is 6.97. The summed E-state index contributed by atoms with van der Waals surface area (Å²) >= 11 is 0. The van der Waals surface area contributed by atoms with Gasteiger partial charge < -0.3 is 20.2 Å². The van der Waals surface area contributed by atoms with E-state index in [1.807, 2.05) is 6.07 Å². The first kappa shape index (κ1) is 13.5. The predicted molar refractivity (Wildman–Crippen MR) is 75.0 cm³/mol. The Kier molecular flexibility index (Phi) is 3.73. The molecule has 1 saturated carbocycles. The number of aliphatic hydroxyl groups excluding tert-OH is 1. The van der Waals surface area contributed by atoms with Gasteiger partial charge in [-0.15, -0.1) is 0 Å². The standard InChI is InChI=1S/C13H21N5O2/c1-20-7-12-15-11(17-14)4-13(16-12)18-5-8-2-3-10(19)9(8)6-18/h4,8-10,19H,2-3,5-7,14H2,1H3,(H,15,16,17). The molecule has 4 N–H and O–H groups in total. The van der Waals surface area contributed by atoms with E-state index in [1.54, 1.807) is 7.11 Å². The third-order valence-electron chi connectivity index (χ3n) is 4.32. The molecule has 7 nitrogen and oxygen atoms in total. The minimum absolute atomic E-state index is 0.169. The van der Waals surface area contributed by atoms with Gasteiger partial charge in [0.05, 0.1) is 6.10 Å². The average Bonchev–Trinajstić information content (AvgIpc) is 3.01. The highest BCUT2D eigenvalue weighted by Gasteiger charge is 2.42. The van der Waals surface area contributed by atoms with E-state index in [9.17, 15) is 5.11 Å². The van der Waals surface area contributed by atoms with Crippen LogP contribution in [0.1, 0.15) is 18.7 Å². The van der Waals surface area contributed by atoms with E-state index in [2.05, 4.69) is 20.3 Å². The molecule has 1 aliphatic heterocycles. The highest BCUT2D eigenvalue weighted by Crippen LogP contribution is 2.39. The maximum atomic E-state index is 9.99. The number of hydrogen-bond donors (Lipinski definition) is 3. The molecule has 1 aliphatic carbocycles. The molecule has 2 aliphatic rings. The number of rotatable bonds is 4. The number of nitrogens with one attached hydrogen (secondary N) is 1. The van der Waals surface area contributed by atoms with E-state index in [-0.39, 0.29) is 6.10 Å². The molecule has 1 aromatic rings. The van der Waals surface area contributed by atoms with E-state index >= 15 is 0 Å². The first-order chi connectivity index (χ1) is 9.71. The summed E-state index contributed by atoms with van der Waals surface area (Å²) in [5.41, 5.74) is 2.57. The molecule has 2 fully saturated rings. The lowest BCUT2D eigenvalue weighted by atomic mass is 10.00. The van der Waals surface area contributed by atoms with Crippen LogP contribution in [-0.2, 0) is 11.3 Å². The van der Waals surface area contributed by atoms with Gasteiger partial charge in [-0.3, -0.25) is 0 Å². The van der Waals surface area contributed by atoms with Gasteiger partial charge in [-0.1, -0.05) is 0 Å². The normalized spacial score (nSPS) is 28.8. The van der Waals surface area contributed by atoms with Crippen molar-refractivity contribution in [3.63, 3.8) is 0 Å². The predicted octanol–water partition coefficient (Wildman–Crippen LogP) is 0.116. The highest BCUT2D eigenvalue weighted by molar-refractivity contribution is 5.50. The van der Waals surface area contributed by atoms with Crippen LogP contribution in [0.3, 0.4) is 0 Å². The van der Waals surface area contributed by atoms with Crippen LogP contribution in [0, 0.1) is 11.8 Å². The number of hydrogen-bond acceptors (Lipinski definition) is 7. The molecule has 0 radical (unpaired) electrons. The van der Waals surface area contributed by atoms with E-state index < -0.39 is 0 Å². The number of methoxy groups -OCH3 is 1. The van der Waals surface area contributed by atoms with Crippen LogP contribution in [0.2, 0.25) is 0 Å². The van der Waals surface area contributed by atoms with E-state index in [4.69, 9.17) is 10.6 Å². The quantitative estimate of drug-likeness (QED) is 0.532. The fourth-order valence-electron chi connectivity index (χ4n) is 3.34. The Hall–Kier alpha value is -1.44. The average molecular weight is 279 g/mol. The van der Waals surface area contributed by atoms with Crippen molar-refractivity contribution in [2.45, 2.75) is 25.6 Å². The zero-order chi connectivity index (χ0) is 14.1. The number of hydrazine groups is 1. The molecule has 2 heterocycles. The Labute approximate surface area is 118 Å². The molecule has 7 heteroatoms. The zero-order valence-corrected chi connectivity index (χ0v) is 11.6. The highest BCUT2D eigenvalue weighted by atomic mass is 16.5. The Morgan fingerprint density at radius 1 is 1.45 bits per heavy atom. The van der Waals surface area contributed by atoms with Gasteiger partial charge in [0, 0.05) is 32.2 Å². The lowest BCUT2D eigenvalue weighted by molar-refractivity contribution is 0.133. The van der Waals surface area contributed by atoms with Crippen LogP contribution in [0.5, 0.6) is 0 Å². The van der Waals surface area contributed by atoms with Gasteiger partial charge in [0.15, 0.2) is 5.82 Å². The summed E-state index contributed by atoms with van der Waals surface area (Å²) in [4.78, 5) is 11.0. The van der Waals surface area contributed by atoms with Gasteiger partial charge in [-0.05, 0) is 18.8 Å². The molecule has 0 bridgehead atoms. The molecule has 1 aromatic heterocycles. The Bertz CT molecular complexity index is 484. The number of aromatic nitrogens is 2. The number of ether oxygens (including phenoxy) is 1. The summed E-state index contributed by atoms with van der Waals surface area (Å²) in [5, 5.41) is 9.99. The number of nitrogens with zero attached hydrogens (tertiary/aromatic N) is 3. The molecular weight excluding hydrogens is 258 g/mol. The fourth-order valence-corrected chi connectivity index (χ4v) is 3.34. The summed E-state index contributed by atoms with van der Waals surface area (Å²) in [7, 11) is 1.61. The maximum absolute atomic E-state index is 9.99. The molecule has 1 saturated heterocycles. The van der Waals surface area contributed by atoms with Crippen molar-refractivity contribution in [2.75, 3.05) is 30.5 Å². The largest absolute Gasteiger partial charge is 0.393 e. The van der Waals surface area contributed by atoms with Gasteiger partial charge in [0.1, 0.15) is 18.2 Å². The number of anilines is 2. The van der Waals surface area contributed by atoms with Crippen molar-refractivity contribution >= 4 is 11.6 Å². The lowest BCUT2D eigenvalue weighted by Crippen LogP contribution is -2.26. The summed E-state index contributed by atoms with van der Waals surface area (Å²) in [5.74, 6) is 8.43. The van der Waals surface area contributed by atoms with Crippen LogP contribution in [0.4, 0.5) is 11.6 Å². The van der Waals surface area contributed by atoms with Gasteiger partial charge in [0.2, 0.25) is 0 Å². The van der Waals surface area contributed by atoms with Crippen LogP contribution >= 0.6 is 0 Å². The molecule has 3 atom stereocenters. The maximum Gasteiger partial charge on any atom is 0.158 e. The smallest absolute Gasteiger partial charge is 0.158 e. The number of nitrogen functional groups attached to an aromatic ring is 1. The monoisotopic (exact) mass is 279 g/mol. The van der Waals surface area contributed by atoms with Crippen LogP contribution < -0.4 is 16.2 Å². The minimum atomic E-state index is -0.169. The van der Waals surface area contributed by atoms with Crippen LogP contribution in [0.25, 0.3) is 0 Å². The van der Waals surface area contributed by atoms with E-state index in [0.29, 0.717) is 30.1 Å². The van der Waals surface area contributed by atoms with Gasteiger partial charge >= 0.3 is 0 Å². The lowest BCUT2D eigenvalue weighted by Gasteiger charge is -2.20. The number of nitrogens with two attached hydrogens (primary N) is 1. The van der Waals surface area contributed by atoms with Gasteiger partial charge in [0.25, 0.3) is 0 Å². The Morgan fingerprint density at radius 2 is 2.30 bits per heavy atom. The third-order valence-corrected chi connectivity index (χ3v) is 4.32. The first-order valence-electron chi connectivity index (χ1n) is 6.97. The SMILES string of the molecule is COCc1nc(NN)cc(N2CC3CCC(O)C3C2)n1. The summed E-state index contributed by atoms with van der Waals surface area (Å²) in [6.45, 7) is 2.14. The molecule has 0 spiro atoms. The second kappa shape index (κ2) is 5.51. The number of fused-ring (bicyclic) bond motifs is 1. The molecular formula is C13H21N5O2. The molecule has 3 rings (SSSR count). The van der Waals surface area contributed by atoms with Crippen LogP contribution in [-0.4, -0.2) is 41.4 Å². The fraction of sp³-hybridized carbons (Fsp3) is 0.692. The Morgan fingerprint density at radius 3 is 3.00 bits per heavy atom. The summed E-state index contributed by atoms with van der Waals surface area (Å²) in [6.07, 6.45) is 1.86. The van der Waals surface area contributed by atoms with Crippen molar-refractivity contribution in [1.82, 2.24) is 9.97 Å². The zero-order valence-electron chi connectivity index (χ0n) is 11.6. The number of aliphatic hydroxyl groups is 1. The summed E-state index contributed by atoms with van der Waals surface area (Å²) in [6, 6.07) is 1.84. The second-order valence-corrected chi connectivity index (χ2v) is 5.58. The molecule has 0 amide bonds.